The quantitative estimate of drug-likeness (QED) is 0.817. The molecule has 1 aromatic carbocycles. The molecule has 1 fully saturated rings. The summed E-state index contributed by atoms with van der Waals surface area (Å²) in [7, 11) is 4.19. The van der Waals surface area contributed by atoms with Crippen LogP contribution in [0.15, 0.2) is 24.3 Å². The molecule has 21 heavy (non-hydrogen) atoms. The molecule has 116 valence electrons. The number of nitrogen functional groups attached to an aromatic ring is 1. The Morgan fingerprint density at radius 2 is 1.86 bits per heavy atom. The van der Waals surface area contributed by atoms with Gasteiger partial charge in [0.15, 0.2) is 0 Å². The smallest absolute Gasteiger partial charge is 0.230 e. The summed E-state index contributed by atoms with van der Waals surface area (Å²) < 4.78 is 0. The third-order valence-electron chi connectivity index (χ3n) is 5.01. The van der Waals surface area contributed by atoms with E-state index in [1.54, 1.807) is 0 Å². The zero-order valence-electron chi connectivity index (χ0n) is 13.6. The fourth-order valence-electron chi connectivity index (χ4n) is 2.86. The third-order valence-corrected chi connectivity index (χ3v) is 5.01. The SMILES string of the molecule is CN(C)C1(CNC(=O)C(C)(C)c2ccc(N)cc2)CCC1. The van der Waals surface area contributed by atoms with Gasteiger partial charge in [-0.05, 0) is 64.9 Å². The zero-order chi connectivity index (χ0) is 15.7. The minimum atomic E-state index is -0.551. The lowest BCUT2D eigenvalue weighted by molar-refractivity contribution is -0.126. The number of carbonyl (C=O) groups excluding carboxylic acids is 1. The van der Waals surface area contributed by atoms with Gasteiger partial charge in [0.25, 0.3) is 0 Å². The molecule has 0 atom stereocenters. The zero-order valence-corrected chi connectivity index (χ0v) is 13.6. The number of rotatable bonds is 5. The number of nitrogens with one attached hydrogen (secondary N) is 1. The Morgan fingerprint density at radius 1 is 1.29 bits per heavy atom. The first-order valence-corrected chi connectivity index (χ1v) is 7.60. The van der Waals surface area contributed by atoms with E-state index in [0.717, 1.165) is 30.6 Å². The van der Waals surface area contributed by atoms with E-state index in [1.807, 2.05) is 38.1 Å². The highest BCUT2D eigenvalue weighted by atomic mass is 16.2. The molecule has 0 unspecified atom stereocenters. The summed E-state index contributed by atoms with van der Waals surface area (Å²) in [4.78, 5) is 14.8. The topological polar surface area (TPSA) is 58.4 Å². The van der Waals surface area contributed by atoms with Crippen molar-refractivity contribution in [3.8, 4) is 0 Å². The predicted molar refractivity (Wildman–Crippen MR) is 87.2 cm³/mol. The maximum atomic E-state index is 12.6. The Bertz CT molecular complexity index is 501. The highest BCUT2D eigenvalue weighted by molar-refractivity contribution is 5.87. The summed E-state index contributed by atoms with van der Waals surface area (Å²) in [6, 6.07) is 7.55. The van der Waals surface area contributed by atoms with Crippen molar-refractivity contribution in [2.45, 2.75) is 44.1 Å². The minimum Gasteiger partial charge on any atom is -0.399 e. The van der Waals surface area contributed by atoms with Gasteiger partial charge in [-0.3, -0.25) is 4.79 Å². The number of benzene rings is 1. The fourth-order valence-corrected chi connectivity index (χ4v) is 2.86. The van der Waals surface area contributed by atoms with Crippen LogP contribution in [0.2, 0.25) is 0 Å². The molecule has 2 rings (SSSR count). The lowest BCUT2D eigenvalue weighted by atomic mass is 9.75. The second-order valence-electron chi connectivity index (χ2n) is 6.90. The molecule has 1 aliphatic rings. The molecule has 0 saturated heterocycles. The highest BCUT2D eigenvalue weighted by Gasteiger charge is 2.40. The molecular weight excluding hydrogens is 262 g/mol. The van der Waals surface area contributed by atoms with Gasteiger partial charge in [0.2, 0.25) is 5.91 Å². The van der Waals surface area contributed by atoms with Crippen molar-refractivity contribution in [1.82, 2.24) is 10.2 Å². The van der Waals surface area contributed by atoms with Gasteiger partial charge in [0, 0.05) is 17.8 Å². The molecular formula is C17H27N3O. The van der Waals surface area contributed by atoms with E-state index >= 15 is 0 Å². The van der Waals surface area contributed by atoms with Crippen LogP contribution in [0.3, 0.4) is 0 Å². The second-order valence-corrected chi connectivity index (χ2v) is 6.90. The van der Waals surface area contributed by atoms with Gasteiger partial charge in [-0.15, -0.1) is 0 Å². The number of anilines is 1. The molecule has 4 nitrogen and oxygen atoms in total. The van der Waals surface area contributed by atoms with E-state index in [-0.39, 0.29) is 11.4 Å². The molecule has 0 radical (unpaired) electrons. The van der Waals surface area contributed by atoms with Crippen LogP contribution in [0.1, 0.15) is 38.7 Å². The molecule has 0 aromatic heterocycles. The molecule has 3 N–H and O–H groups in total. The number of carbonyl (C=O) groups is 1. The third kappa shape index (κ3) is 3.05. The van der Waals surface area contributed by atoms with Crippen molar-refractivity contribution < 1.29 is 4.79 Å². The van der Waals surface area contributed by atoms with Crippen molar-refractivity contribution in [3.05, 3.63) is 29.8 Å². The summed E-state index contributed by atoms with van der Waals surface area (Å²) >= 11 is 0. The summed E-state index contributed by atoms with van der Waals surface area (Å²) in [6.45, 7) is 4.63. The Morgan fingerprint density at radius 3 is 2.29 bits per heavy atom. The Kier molecular flexibility index (Phi) is 4.28. The molecule has 0 spiro atoms. The van der Waals surface area contributed by atoms with Gasteiger partial charge in [-0.1, -0.05) is 12.1 Å². The monoisotopic (exact) mass is 289 g/mol. The number of likely N-dealkylation sites (N-methyl/N-ethyl adjacent to an activating group) is 1. The van der Waals surface area contributed by atoms with Crippen LogP contribution in [-0.4, -0.2) is 37.0 Å². The van der Waals surface area contributed by atoms with Crippen molar-refractivity contribution in [1.29, 1.82) is 0 Å². The van der Waals surface area contributed by atoms with Crippen LogP contribution in [0.25, 0.3) is 0 Å². The van der Waals surface area contributed by atoms with E-state index in [9.17, 15) is 4.79 Å². The first-order valence-electron chi connectivity index (χ1n) is 7.60. The van der Waals surface area contributed by atoms with Crippen molar-refractivity contribution in [2.75, 3.05) is 26.4 Å². The molecule has 1 aliphatic carbocycles. The molecule has 1 saturated carbocycles. The number of amides is 1. The van der Waals surface area contributed by atoms with Crippen LogP contribution in [0.4, 0.5) is 5.69 Å². The summed E-state index contributed by atoms with van der Waals surface area (Å²) in [6.07, 6.45) is 3.56. The molecule has 0 bridgehead atoms. The summed E-state index contributed by atoms with van der Waals surface area (Å²) in [5.74, 6) is 0.0698. The maximum absolute atomic E-state index is 12.6. The maximum Gasteiger partial charge on any atom is 0.230 e. The van der Waals surface area contributed by atoms with E-state index in [1.165, 1.54) is 6.42 Å². The molecule has 1 aromatic rings. The van der Waals surface area contributed by atoms with Gasteiger partial charge in [-0.2, -0.15) is 0 Å². The van der Waals surface area contributed by atoms with Crippen LogP contribution in [0, 0.1) is 0 Å². The average molecular weight is 289 g/mol. The van der Waals surface area contributed by atoms with E-state index in [0.29, 0.717) is 0 Å². The largest absolute Gasteiger partial charge is 0.399 e. The van der Waals surface area contributed by atoms with Gasteiger partial charge in [0.05, 0.1) is 5.41 Å². The lowest BCUT2D eigenvalue weighted by Gasteiger charge is -2.47. The number of nitrogens with two attached hydrogens (primary N) is 1. The van der Waals surface area contributed by atoms with Crippen LogP contribution in [0.5, 0.6) is 0 Å². The fraction of sp³-hybridized carbons (Fsp3) is 0.588. The lowest BCUT2D eigenvalue weighted by Crippen LogP contribution is -2.58. The molecule has 0 aliphatic heterocycles. The number of nitrogens with zero attached hydrogens (tertiary/aromatic N) is 1. The molecule has 0 heterocycles. The van der Waals surface area contributed by atoms with Crippen LogP contribution >= 0.6 is 0 Å². The normalized spacial score (nSPS) is 17.4. The van der Waals surface area contributed by atoms with E-state index in [2.05, 4.69) is 24.3 Å². The number of hydrogen-bond donors (Lipinski definition) is 2. The van der Waals surface area contributed by atoms with Crippen molar-refractivity contribution in [2.24, 2.45) is 0 Å². The average Bonchev–Trinajstić information content (AvgIpc) is 2.37. The summed E-state index contributed by atoms with van der Waals surface area (Å²) in [5, 5.41) is 3.15. The standard InChI is InChI=1S/C17H27N3O/c1-16(2,13-6-8-14(18)9-7-13)15(21)19-12-17(20(3)4)10-5-11-17/h6-9H,5,10-12,18H2,1-4H3,(H,19,21). The molecule has 4 heteroatoms. The Labute approximate surface area is 127 Å². The first kappa shape index (κ1) is 15.8. The van der Waals surface area contributed by atoms with Gasteiger partial charge < -0.3 is 16.0 Å². The first-order chi connectivity index (χ1) is 9.78. The summed E-state index contributed by atoms with van der Waals surface area (Å²) in [5.41, 5.74) is 7.02. The van der Waals surface area contributed by atoms with Crippen molar-refractivity contribution in [3.63, 3.8) is 0 Å². The minimum absolute atomic E-state index is 0.0698. The second kappa shape index (κ2) is 5.68. The number of hydrogen-bond acceptors (Lipinski definition) is 3. The van der Waals surface area contributed by atoms with E-state index < -0.39 is 5.41 Å². The Hall–Kier alpha value is -1.55. The van der Waals surface area contributed by atoms with Crippen molar-refractivity contribution >= 4 is 11.6 Å². The van der Waals surface area contributed by atoms with Gasteiger partial charge in [-0.25, -0.2) is 0 Å². The Balaban J connectivity index is 2.03. The molecule has 1 amide bonds. The van der Waals surface area contributed by atoms with Gasteiger partial charge >= 0.3 is 0 Å². The predicted octanol–water partition coefficient (Wildman–Crippen LogP) is 2.15. The van der Waals surface area contributed by atoms with Crippen LogP contribution in [-0.2, 0) is 10.2 Å². The van der Waals surface area contributed by atoms with E-state index in [4.69, 9.17) is 5.73 Å². The highest BCUT2D eigenvalue weighted by Crippen LogP contribution is 2.35. The van der Waals surface area contributed by atoms with Crippen LogP contribution < -0.4 is 11.1 Å². The van der Waals surface area contributed by atoms with Gasteiger partial charge in [0.1, 0.15) is 0 Å².